The molecule has 0 spiro atoms. The first kappa shape index (κ1) is 19.9. The van der Waals surface area contributed by atoms with E-state index < -0.39 is 10.0 Å². The molecule has 1 aliphatic heterocycles. The molecule has 8 heteroatoms. The number of hydrogen-bond acceptors (Lipinski definition) is 5. The van der Waals surface area contributed by atoms with Crippen molar-refractivity contribution >= 4 is 27.3 Å². The van der Waals surface area contributed by atoms with E-state index in [1.807, 2.05) is 24.4 Å². The molecule has 0 radical (unpaired) electrons. The van der Waals surface area contributed by atoms with E-state index in [-0.39, 0.29) is 16.6 Å². The first-order valence-electron chi connectivity index (χ1n) is 8.97. The van der Waals surface area contributed by atoms with Crippen molar-refractivity contribution in [3.8, 4) is 5.75 Å². The van der Waals surface area contributed by atoms with Gasteiger partial charge in [0, 0.05) is 30.1 Å². The van der Waals surface area contributed by atoms with Gasteiger partial charge >= 0.3 is 0 Å². The highest BCUT2D eigenvalue weighted by Gasteiger charge is 2.31. The second kappa shape index (κ2) is 8.41. The second-order valence-corrected chi connectivity index (χ2v) is 9.31. The fourth-order valence-electron chi connectivity index (χ4n) is 3.18. The number of hydrogen-bond donors (Lipinski definition) is 0. The molecule has 0 atom stereocenters. The molecule has 1 amide bonds. The van der Waals surface area contributed by atoms with Gasteiger partial charge in [-0.25, -0.2) is 8.42 Å². The predicted molar refractivity (Wildman–Crippen MR) is 106 cm³/mol. The highest BCUT2D eigenvalue weighted by molar-refractivity contribution is 7.89. The summed E-state index contributed by atoms with van der Waals surface area (Å²) in [4.78, 5) is 15.8. The lowest BCUT2D eigenvalue weighted by Crippen LogP contribution is -2.31. The molecule has 3 rings (SSSR count). The van der Waals surface area contributed by atoms with E-state index >= 15 is 0 Å². The SMILES string of the molecule is CCN(Cc1cccs1)C(=O)c1ccc(OC)c(S(=O)(=O)N2CCCC2)c1. The van der Waals surface area contributed by atoms with Crippen molar-refractivity contribution in [1.82, 2.24) is 9.21 Å². The van der Waals surface area contributed by atoms with Crippen molar-refractivity contribution in [3.05, 3.63) is 46.2 Å². The van der Waals surface area contributed by atoms with Crippen LogP contribution in [0.4, 0.5) is 0 Å². The molecule has 0 N–H and O–H groups in total. The molecular weight excluding hydrogens is 384 g/mol. The fourth-order valence-corrected chi connectivity index (χ4v) is 5.60. The Morgan fingerprint density at radius 3 is 2.59 bits per heavy atom. The topological polar surface area (TPSA) is 66.9 Å². The molecule has 146 valence electrons. The number of nitrogens with zero attached hydrogens (tertiary/aromatic N) is 2. The Morgan fingerprint density at radius 2 is 2.00 bits per heavy atom. The number of rotatable bonds is 7. The maximum absolute atomic E-state index is 13.0. The van der Waals surface area contributed by atoms with E-state index in [4.69, 9.17) is 4.74 Å². The molecular formula is C19H24N2O4S2. The molecule has 1 aromatic carbocycles. The summed E-state index contributed by atoms with van der Waals surface area (Å²) in [7, 11) is -2.24. The Labute approximate surface area is 164 Å². The summed E-state index contributed by atoms with van der Waals surface area (Å²) < 4.78 is 32.7. The second-order valence-electron chi connectivity index (χ2n) is 6.38. The lowest BCUT2D eigenvalue weighted by molar-refractivity contribution is 0.0754. The van der Waals surface area contributed by atoms with Gasteiger partial charge in [-0.15, -0.1) is 11.3 Å². The van der Waals surface area contributed by atoms with Gasteiger partial charge in [0.2, 0.25) is 10.0 Å². The molecule has 27 heavy (non-hydrogen) atoms. The Kier molecular flexibility index (Phi) is 6.18. The number of methoxy groups -OCH3 is 1. The zero-order chi connectivity index (χ0) is 19.4. The molecule has 0 unspecified atom stereocenters. The van der Waals surface area contributed by atoms with E-state index in [1.54, 1.807) is 28.4 Å². The molecule has 0 bridgehead atoms. The van der Waals surface area contributed by atoms with Crippen molar-refractivity contribution < 1.29 is 17.9 Å². The molecule has 0 aliphatic carbocycles. The van der Waals surface area contributed by atoms with Crippen LogP contribution in [0.1, 0.15) is 35.0 Å². The van der Waals surface area contributed by atoms with Crippen molar-refractivity contribution in [2.45, 2.75) is 31.2 Å². The average Bonchev–Trinajstić information content (AvgIpc) is 3.39. The summed E-state index contributed by atoms with van der Waals surface area (Å²) in [6.07, 6.45) is 1.70. The number of amides is 1. The maximum Gasteiger partial charge on any atom is 0.254 e. The van der Waals surface area contributed by atoms with Crippen LogP contribution in [0.5, 0.6) is 5.75 Å². The summed E-state index contributed by atoms with van der Waals surface area (Å²) >= 11 is 1.59. The van der Waals surface area contributed by atoms with Crippen LogP contribution in [0.15, 0.2) is 40.6 Å². The van der Waals surface area contributed by atoms with Crippen LogP contribution < -0.4 is 4.74 Å². The minimum atomic E-state index is -3.68. The minimum Gasteiger partial charge on any atom is -0.495 e. The van der Waals surface area contributed by atoms with E-state index in [1.165, 1.54) is 17.5 Å². The van der Waals surface area contributed by atoms with Gasteiger partial charge in [0.25, 0.3) is 5.91 Å². The monoisotopic (exact) mass is 408 g/mol. The molecule has 1 fully saturated rings. The standard InChI is InChI=1S/C19H24N2O4S2/c1-3-20(14-16-7-6-12-26-16)19(22)15-8-9-17(25-2)18(13-15)27(23,24)21-10-4-5-11-21/h6-9,12-13H,3-5,10-11,14H2,1-2H3. The molecule has 0 saturated carbocycles. The molecule has 1 aromatic heterocycles. The van der Waals surface area contributed by atoms with Gasteiger partial charge in [-0.2, -0.15) is 4.31 Å². The molecule has 1 aliphatic rings. The summed E-state index contributed by atoms with van der Waals surface area (Å²) in [5.74, 6) is 0.0752. The van der Waals surface area contributed by atoms with E-state index in [0.717, 1.165) is 17.7 Å². The van der Waals surface area contributed by atoms with Gasteiger partial charge in [-0.05, 0) is 49.4 Å². The Balaban J connectivity index is 1.93. The zero-order valence-electron chi connectivity index (χ0n) is 15.6. The quantitative estimate of drug-likeness (QED) is 0.706. The van der Waals surface area contributed by atoms with E-state index in [0.29, 0.717) is 31.7 Å². The zero-order valence-corrected chi connectivity index (χ0v) is 17.2. The number of carbonyl (C=O) groups is 1. The van der Waals surface area contributed by atoms with Crippen LogP contribution in [-0.4, -0.2) is 50.3 Å². The third-order valence-corrected chi connectivity index (χ3v) is 7.47. The largest absolute Gasteiger partial charge is 0.495 e. The van der Waals surface area contributed by atoms with Crippen LogP contribution in [0.2, 0.25) is 0 Å². The minimum absolute atomic E-state index is 0.0601. The average molecular weight is 409 g/mol. The number of sulfonamides is 1. The highest BCUT2D eigenvalue weighted by Crippen LogP contribution is 2.30. The molecule has 1 saturated heterocycles. The summed E-state index contributed by atoms with van der Waals surface area (Å²) in [5.41, 5.74) is 0.354. The third-order valence-electron chi connectivity index (χ3n) is 4.69. The smallest absolute Gasteiger partial charge is 0.254 e. The number of carbonyl (C=O) groups excluding carboxylic acids is 1. The molecule has 2 heterocycles. The van der Waals surface area contributed by atoms with Gasteiger partial charge in [0.15, 0.2) is 0 Å². The van der Waals surface area contributed by atoms with Crippen molar-refractivity contribution in [2.75, 3.05) is 26.7 Å². The van der Waals surface area contributed by atoms with Gasteiger partial charge in [-0.1, -0.05) is 6.07 Å². The summed E-state index contributed by atoms with van der Waals surface area (Å²) in [5, 5.41) is 1.97. The Bertz CT molecular complexity index is 888. The summed E-state index contributed by atoms with van der Waals surface area (Å²) in [6.45, 7) is 3.97. The molecule has 2 aromatic rings. The predicted octanol–water partition coefficient (Wildman–Crippen LogP) is 3.20. The number of thiophene rings is 1. The lowest BCUT2D eigenvalue weighted by atomic mass is 10.2. The summed E-state index contributed by atoms with van der Waals surface area (Å²) in [6, 6.07) is 8.58. The first-order chi connectivity index (χ1) is 13.0. The normalized spacial score (nSPS) is 15.0. The van der Waals surface area contributed by atoms with Crippen molar-refractivity contribution in [1.29, 1.82) is 0 Å². The van der Waals surface area contributed by atoms with Crippen LogP contribution in [0.3, 0.4) is 0 Å². The first-order valence-corrected chi connectivity index (χ1v) is 11.3. The lowest BCUT2D eigenvalue weighted by Gasteiger charge is -2.22. The number of benzene rings is 1. The number of ether oxygens (including phenoxy) is 1. The van der Waals surface area contributed by atoms with Crippen molar-refractivity contribution in [2.24, 2.45) is 0 Å². The highest BCUT2D eigenvalue weighted by atomic mass is 32.2. The van der Waals surface area contributed by atoms with Gasteiger partial charge in [0.05, 0.1) is 13.7 Å². The van der Waals surface area contributed by atoms with Crippen LogP contribution in [-0.2, 0) is 16.6 Å². The van der Waals surface area contributed by atoms with Crippen LogP contribution >= 0.6 is 11.3 Å². The maximum atomic E-state index is 13.0. The Morgan fingerprint density at radius 1 is 1.26 bits per heavy atom. The van der Waals surface area contributed by atoms with Crippen LogP contribution in [0.25, 0.3) is 0 Å². The van der Waals surface area contributed by atoms with E-state index in [2.05, 4.69) is 0 Å². The van der Waals surface area contributed by atoms with E-state index in [9.17, 15) is 13.2 Å². The van der Waals surface area contributed by atoms with Gasteiger partial charge in [0.1, 0.15) is 10.6 Å². The van der Waals surface area contributed by atoms with Gasteiger partial charge < -0.3 is 9.64 Å². The fraction of sp³-hybridized carbons (Fsp3) is 0.421. The van der Waals surface area contributed by atoms with Crippen molar-refractivity contribution in [3.63, 3.8) is 0 Å². The Hall–Kier alpha value is -1.90. The third kappa shape index (κ3) is 4.17. The van der Waals surface area contributed by atoms with Gasteiger partial charge in [-0.3, -0.25) is 4.79 Å². The van der Waals surface area contributed by atoms with Crippen LogP contribution in [0, 0.1) is 0 Å². The molecule has 6 nitrogen and oxygen atoms in total.